The van der Waals surface area contributed by atoms with Crippen LogP contribution in [-0.4, -0.2) is 77.3 Å². The molecular weight excluding hydrogens is 467 g/mol. The van der Waals surface area contributed by atoms with Crippen molar-refractivity contribution in [1.29, 1.82) is 0 Å². The maximum absolute atomic E-state index is 14.5. The summed E-state index contributed by atoms with van der Waals surface area (Å²) in [5.41, 5.74) is 1.29. The number of hydrogen-bond donors (Lipinski definition) is 1. The second kappa shape index (κ2) is 8.17. The first-order valence-electron chi connectivity index (χ1n) is 10.9. The Morgan fingerprint density at radius 2 is 1.85 bits per heavy atom. The van der Waals surface area contributed by atoms with E-state index in [9.17, 15) is 27.2 Å². The Morgan fingerprint density at radius 3 is 2.50 bits per heavy atom. The number of carbonyl (C=O) groups is 3. The molecule has 1 N–H and O–H groups in total. The lowest BCUT2D eigenvalue weighted by Gasteiger charge is -2.36. The summed E-state index contributed by atoms with van der Waals surface area (Å²) in [6, 6.07) is 3.14. The Kier molecular flexibility index (Phi) is 5.40. The molecule has 0 saturated carbocycles. The SMILES string of the molecule is Cn1ccc(S(=O)(=O)N2CCN(c3cc(F)cc4c3CN(C3CCC(=O)NC3=O)C4=O)CC2)n1. The molecule has 0 aliphatic carbocycles. The van der Waals surface area contributed by atoms with Gasteiger partial charge in [-0.05, 0) is 24.6 Å². The molecule has 2 fully saturated rings. The lowest BCUT2D eigenvalue weighted by Crippen LogP contribution is -2.52. The fourth-order valence-corrected chi connectivity index (χ4v) is 6.10. The van der Waals surface area contributed by atoms with Gasteiger partial charge in [-0.2, -0.15) is 9.40 Å². The maximum Gasteiger partial charge on any atom is 0.262 e. The molecule has 3 aliphatic heterocycles. The number of piperazine rings is 1. The van der Waals surface area contributed by atoms with Crippen LogP contribution in [0.4, 0.5) is 10.1 Å². The van der Waals surface area contributed by atoms with Crippen molar-refractivity contribution in [3.8, 4) is 0 Å². The average Bonchev–Trinajstić information content (AvgIpc) is 3.38. The number of sulfonamides is 1. The first kappa shape index (κ1) is 22.5. The van der Waals surface area contributed by atoms with Crippen molar-refractivity contribution < 1.29 is 27.2 Å². The fourth-order valence-electron chi connectivity index (χ4n) is 4.72. The largest absolute Gasteiger partial charge is 0.369 e. The van der Waals surface area contributed by atoms with Crippen LogP contribution in [0.5, 0.6) is 0 Å². The molecule has 13 heteroatoms. The number of nitrogens with one attached hydrogen (secondary N) is 1. The molecule has 4 heterocycles. The fraction of sp³-hybridized carbons (Fsp3) is 0.429. The van der Waals surface area contributed by atoms with Gasteiger partial charge in [-0.3, -0.25) is 24.4 Å². The number of halogens is 1. The smallest absolute Gasteiger partial charge is 0.262 e. The van der Waals surface area contributed by atoms with Crippen molar-refractivity contribution in [2.24, 2.45) is 7.05 Å². The van der Waals surface area contributed by atoms with Crippen molar-refractivity contribution in [3.05, 3.63) is 41.3 Å². The Balaban J connectivity index is 1.36. The van der Waals surface area contributed by atoms with E-state index in [4.69, 9.17) is 0 Å². The van der Waals surface area contributed by atoms with Crippen molar-refractivity contribution in [1.82, 2.24) is 24.3 Å². The Morgan fingerprint density at radius 1 is 1.12 bits per heavy atom. The van der Waals surface area contributed by atoms with Gasteiger partial charge in [-0.15, -0.1) is 0 Å². The van der Waals surface area contributed by atoms with E-state index in [0.29, 0.717) is 24.3 Å². The van der Waals surface area contributed by atoms with Crippen LogP contribution in [0.3, 0.4) is 0 Å². The molecule has 1 unspecified atom stereocenters. The van der Waals surface area contributed by atoms with Gasteiger partial charge >= 0.3 is 0 Å². The molecule has 1 aromatic carbocycles. The number of benzene rings is 1. The first-order chi connectivity index (χ1) is 16.1. The van der Waals surface area contributed by atoms with Gasteiger partial charge in [-0.25, -0.2) is 12.8 Å². The van der Waals surface area contributed by atoms with Crippen LogP contribution in [-0.2, 0) is 33.2 Å². The summed E-state index contributed by atoms with van der Waals surface area (Å²) in [4.78, 5) is 40.1. The molecule has 3 aliphatic rings. The number of rotatable bonds is 4. The molecule has 3 amide bonds. The van der Waals surface area contributed by atoms with E-state index in [1.54, 1.807) is 13.2 Å². The monoisotopic (exact) mass is 490 g/mol. The third-order valence-electron chi connectivity index (χ3n) is 6.47. The van der Waals surface area contributed by atoms with Gasteiger partial charge in [0.15, 0.2) is 5.03 Å². The highest BCUT2D eigenvalue weighted by Crippen LogP contribution is 2.35. The molecule has 1 aromatic heterocycles. The van der Waals surface area contributed by atoms with Gasteiger partial charge in [0.25, 0.3) is 15.9 Å². The number of nitrogens with zero attached hydrogens (tertiary/aromatic N) is 5. The second-order valence-corrected chi connectivity index (χ2v) is 10.5. The quantitative estimate of drug-likeness (QED) is 0.590. The van der Waals surface area contributed by atoms with Crippen LogP contribution in [0.25, 0.3) is 0 Å². The van der Waals surface area contributed by atoms with Gasteiger partial charge in [0, 0.05) is 69.2 Å². The van der Waals surface area contributed by atoms with Gasteiger partial charge < -0.3 is 9.80 Å². The molecule has 1 atom stereocenters. The van der Waals surface area contributed by atoms with Crippen molar-refractivity contribution in [3.63, 3.8) is 0 Å². The van der Waals surface area contributed by atoms with Crippen LogP contribution in [0, 0.1) is 5.82 Å². The molecule has 0 bridgehead atoms. The van der Waals surface area contributed by atoms with E-state index >= 15 is 0 Å². The maximum atomic E-state index is 14.5. The van der Waals surface area contributed by atoms with Gasteiger partial charge in [0.05, 0.1) is 0 Å². The Bertz CT molecular complexity index is 1300. The zero-order valence-electron chi connectivity index (χ0n) is 18.4. The molecular formula is C21H23FN6O5S. The van der Waals surface area contributed by atoms with Crippen LogP contribution < -0.4 is 10.2 Å². The average molecular weight is 491 g/mol. The van der Waals surface area contributed by atoms with E-state index < -0.39 is 33.7 Å². The zero-order valence-corrected chi connectivity index (χ0v) is 19.2. The summed E-state index contributed by atoms with van der Waals surface area (Å²) in [6.45, 7) is 1.07. The first-order valence-corrected chi connectivity index (χ1v) is 12.3. The third-order valence-corrected chi connectivity index (χ3v) is 8.26. The van der Waals surface area contributed by atoms with Gasteiger partial charge in [0.1, 0.15) is 11.9 Å². The molecule has 0 spiro atoms. The summed E-state index contributed by atoms with van der Waals surface area (Å²) < 4.78 is 43.0. The van der Waals surface area contributed by atoms with Crippen LogP contribution in [0.1, 0.15) is 28.8 Å². The number of aromatic nitrogens is 2. The van der Waals surface area contributed by atoms with Gasteiger partial charge in [0.2, 0.25) is 11.8 Å². The summed E-state index contributed by atoms with van der Waals surface area (Å²) >= 11 is 0. The lowest BCUT2D eigenvalue weighted by atomic mass is 10.0. The number of piperidine rings is 1. The third kappa shape index (κ3) is 3.74. The lowest BCUT2D eigenvalue weighted by molar-refractivity contribution is -0.136. The topological polar surface area (TPSA) is 125 Å². The minimum Gasteiger partial charge on any atom is -0.369 e. The number of carbonyl (C=O) groups excluding carboxylic acids is 3. The Labute approximate surface area is 195 Å². The number of amides is 3. The van der Waals surface area contributed by atoms with Crippen molar-refractivity contribution >= 4 is 33.4 Å². The normalized spacial score (nSPS) is 21.7. The van der Waals surface area contributed by atoms with E-state index in [1.165, 1.54) is 26.0 Å². The van der Waals surface area contributed by atoms with E-state index in [1.807, 2.05) is 4.90 Å². The highest BCUT2D eigenvalue weighted by Gasteiger charge is 2.41. The zero-order chi connectivity index (χ0) is 24.2. The van der Waals surface area contributed by atoms with Crippen LogP contribution in [0.2, 0.25) is 0 Å². The van der Waals surface area contributed by atoms with E-state index in [2.05, 4.69) is 10.4 Å². The number of imide groups is 1. The number of hydrogen-bond acceptors (Lipinski definition) is 7. The number of aryl methyl sites for hydroxylation is 1. The molecule has 5 rings (SSSR count). The van der Waals surface area contributed by atoms with Crippen LogP contribution in [0.15, 0.2) is 29.4 Å². The molecule has 2 saturated heterocycles. The molecule has 11 nitrogen and oxygen atoms in total. The molecule has 0 radical (unpaired) electrons. The molecule has 34 heavy (non-hydrogen) atoms. The van der Waals surface area contributed by atoms with Crippen molar-refractivity contribution in [2.75, 3.05) is 31.1 Å². The molecule has 180 valence electrons. The van der Waals surface area contributed by atoms with Gasteiger partial charge in [-0.1, -0.05) is 0 Å². The highest BCUT2D eigenvalue weighted by molar-refractivity contribution is 7.89. The highest BCUT2D eigenvalue weighted by atomic mass is 32.2. The summed E-state index contributed by atoms with van der Waals surface area (Å²) in [5.74, 6) is -1.96. The molecule has 2 aromatic rings. The number of fused-ring (bicyclic) bond motifs is 1. The van der Waals surface area contributed by atoms with Crippen molar-refractivity contribution in [2.45, 2.75) is 30.5 Å². The summed E-state index contributed by atoms with van der Waals surface area (Å²) in [6.07, 6.45) is 1.90. The predicted octanol–water partition coefficient (Wildman–Crippen LogP) is -0.169. The number of anilines is 1. The standard InChI is InChI=1S/C21H23FN6O5S/c1-25-5-4-19(24-25)34(32,33)27-8-6-26(7-9-27)17-11-13(22)10-14-15(17)12-28(21(14)31)16-2-3-18(29)23-20(16)30/h4-5,10-11,16H,2-3,6-9,12H2,1H3,(H,23,29,30). The van der Waals surface area contributed by atoms with E-state index in [0.717, 1.165) is 6.07 Å². The van der Waals surface area contributed by atoms with Crippen LogP contribution >= 0.6 is 0 Å². The minimum atomic E-state index is -3.74. The predicted molar refractivity (Wildman–Crippen MR) is 117 cm³/mol. The Hall–Kier alpha value is -3.32. The minimum absolute atomic E-state index is 0.0272. The second-order valence-electron chi connectivity index (χ2n) is 8.57. The summed E-state index contributed by atoms with van der Waals surface area (Å²) in [5, 5.41) is 6.22. The van der Waals surface area contributed by atoms with E-state index in [-0.39, 0.29) is 49.0 Å². The summed E-state index contributed by atoms with van der Waals surface area (Å²) in [7, 11) is -2.10.